The molecule has 0 radical (unpaired) electrons. The molecule has 0 bridgehead atoms. The number of carbonyl (C=O) groups is 1. The average molecular weight is 514 g/mol. The van der Waals surface area contributed by atoms with Crippen LogP contribution in [0.15, 0.2) is 40.2 Å². The highest BCUT2D eigenvalue weighted by molar-refractivity contribution is 7.89. The maximum atomic E-state index is 12.8. The van der Waals surface area contributed by atoms with Gasteiger partial charge in [-0.25, -0.2) is 12.7 Å². The molecule has 12 heteroatoms. The van der Waals surface area contributed by atoms with Gasteiger partial charge >= 0.3 is 0 Å². The summed E-state index contributed by atoms with van der Waals surface area (Å²) in [6.07, 6.45) is 5.01. The topological polar surface area (TPSA) is 171 Å². The lowest BCUT2D eigenvalue weighted by Crippen LogP contribution is -2.34. The number of pyridine rings is 1. The van der Waals surface area contributed by atoms with Crippen LogP contribution in [0.1, 0.15) is 43.7 Å². The zero-order valence-electron chi connectivity index (χ0n) is 20.5. The molecule has 1 fully saturated rings. The number of benzene rings is 1. The molecule has 1 aliphatic carbocycles. The van der Waals surface area contributed by atoms with E-state index in [-0.39, 0.29) is 40.7 Å². The van der Waals surface area contributed by atoms with Gasteiger partial charge in [0.05, 0.1) is 22.6 Å². The molecule has 1 aromatic heterocycles. The standard InChI is InChI=1S/C24H31N7O4S/c1-15(32)28-14-17-12-18(8-9-21(17)36(34,35)31(2)3)29-23(26)22-20(10-11-27-24(22)33)30-19-7-5-4-6-16(19)13-25/h8-12,16,19H,4-7,14H2,1-3H3,(H2,26,29)(H,28,32)(H2,27,30,33)/t16-,19+/m1/s1. The van der Waals surface area contributed by atoms with Crippen LogP contribution in [-0.2, 0) is 21.4 Å². The summed E-state index contributed by atoms with van der Waals surface area (Å²) in [7, 11) is -0.950. The second kappa shape index (κ2) is 11.4. The van der Waals surface area contributed by atoms with Crippen LogP contribution in [0.3, 0.4) is 0 Å². The van der Waals surface area contributed by atoms with E-state index in [4.69, 9.17) is 5.41 Å². The number of aromatic nitrogens is 1. The van der Waals surface area contributed by atoms with Gasteiger partial charge in [0, 0.05) is 45.5 Å². The zero-order chi connectivity index (χ0) is 26.5. The van der Waals surface area contributed by atoms with Gasteiger partial charge in [-0.15, -0.1) is 0 Å². The van der Waals surface area contributed by atoms with E-state index < -0.39 is 15.6 Å². The second-order valence-corrected chi connectivity index (χ2v) is 11.0. The minimum absolute atomic E-state index is 0.0260. The molecule has 2 aromatic rings. The van der Waals surface area contributed by atoms with Crippen LogP contribution < -0.4 is 21.5 Å². The minimum Gasteiger partial charge on any atom is -0.380 e. The van der Waals surface area contributed by atoms with Crippen molar-refractivity contribution in [3.63, 3.8) is 0 Å². The van der Waals surface area contributed by atoms with Crippen molar-refractivity contribution in [3.05, 3.63) is 51.9 Å². The normalized spacial score (nSPS) is 17.8. The van der Waals surface area contributed by atoms with E-state index in [1.165, 1.54) is 45.4 Å². The molecule has 1 aliphatic rings. The van der Waals surface area contributed by atoms with Crippen molar-refractivity contribution in [1.82, 2.24) is 14.6 Å². The second-order valence-electron chi connectivity index (χ2n) is 8.89. The van der Waals surface area contributed by atoms with Crippen LogP contribution in [0.4, 0.5) is 11.4 Å². The Morgan fingerprint density at radius 1 is 1.25 bits per heavy atom. The summed E-state index contributed by atoms with van der Waals surface area (Å²) in [5.41, 5.74) is 0.741. The van der Waals surface area contributed by atoms with E-state index >= 15 is 0 Å². The first-order chi connectivity index (χ1) is 17.0. The Balaban J connectivity index is 1.92. The number of nitrogens with one attached hydrogen (secondary N) is 5. The van der Waals surface area contributed by atoms with Crippen molar-refractivity contribution in [2.75, 3.05) is 24.7 Å². The number of anilines is 2. The van der Waals surface area contributed by atoms with Gasteiger partial charge in [0.25, 0.3) is 5.56 Å². The summed E-state index contributed by atoms with van der Waals surface area (Å²) in [4.78, 5) is 26.8. The molecule has 11 nitrogen and oxygen atoms in total. The highest BCUT2D eigenvalue weighted by Gasteiger charge is 2.27. The molecule has 2 atom stereocenters. The molecule has 0 aliphatic heterocycles. The lowest BCUT2D eigenvalue weighted by atomic mass is 9.85. The van der Waals surface area contributed by atoms with Crippen molar-refractivity contribution >= 4 is 33.1 Å². The number of amidine groups is 1. The molecular formula is C24H31N7O4S. The summed E-state index contributed by atoms with van der Waals surface area (Å²) in [6, 6.07) is 8.28. The monoisotopic (exact) mass is 513 g/mol. The fourth-order valence-corrected chi connectivity index (χ4v) is 5.27. The molecule has 0 saturated heterocycles. The van der Waals surface area contributed by atoms with Crippen molar-refractivity contribution in [3.8, 4) is 6.07 Å². The molecule has 5 N–H and O–H groups in total. The van der Waals surface area contributed by atoms with Gasteiger partial charge in [-0.3, -0.25) is 15.0 Å². The molecule has 1 amide bonds. The first-order valence-electron chi connectivity index (χ1n) is 11.6. The average Bonchev–Trinajstić information content (AvgIpc) is 2.83. The number of amides is 1. The Morgan fingerprint density at radius 2 is 1.97 bits per heavy atom. The maximum absolute atomic E-state index is 12.8. The third-order valence-corrected chi connectivity index (χ3v) is 8.02. The molecular weight excluding hydrogens is 482 g/mol. The number of H-pyrrole nitrogens is 1. The van der Waals surface area contributed by atoms with Gasteiger partial charge in [-0.05, 0) is 42.7 Å². The van der Waals surface area contributed by atoms with Crippen LogP contribution in [0.2, 0.25) is 0 Å². The number of hydrogen-bond acceptors (Lipinski definition) is 7. The third kappa shape index (κ3) is 6.10. The number of aromatic amines is 1. The molecule has 36 heavy (non-hydrogen) atoms. The van der Waals surface area contributed by atoms with Gasteiger partial charge in [-0.1, -0.05) is 12.8 Å². The highest BCUT2D eigenvalue weighted by Crippen LogP contribution is 2.28. The SMILES string of the molecule is CC(=O)NCc1cc(NC(=N)c2c(N[C@H]3CCCC[C@@H]3C#N)cc[nH]c2=O)ccc1S(=O)(=O)N(C)C. The number of carbonyl (C=O) groups excluding carboxylic acids is 1. The lowest BCUT2D eigenvalue weighted by Gasteiger charge is -2.29. The van der Waals surface area contributed by atoms with E-state index in [0.717, 1.165) is 30.0 Å². The van der Waals surface area contributed by atoms with E-state index in [1.54, 1.807) is 6.07 Å². The van der Waals surface area contributed by atoms with Crippen molar-refractivity contribution in [2.24, 2.45) is 5.92 Å². The van der Waals surface area contributed by atoms with Crippen LogP contribution >= 0.6 is 0 Å². The highest BCUT2D eigenvalue weighted by atomic mass is 32.2. The van der Waals surface area contributed by atoms with Crippen molar-refractivity contribution in [2.45, 2.75) is 50.1 Å². The van der Waals surface area contributed by atoms with E-state index in [1.807, 2.05) is 0 Å². The smallest absolute Gasteiger partial charge is 0.261 e. The van der Waals surface area contributed by atoms with E-state index in [9.17, 15) is 23.3 Å². The molecule has 0 unspecified atom stereocenters. The molecule has 0 spiro atoms. The summed E-state index contributed by atoms with van der Waals surface area (Å²) < 4.78 is 26.6. The number of hydrogen-bond donors (Lipinski definition) is 5. The van der Waals surface area contributed by atoms with Crippen LogP contribution in [0, 0.1) is 22.7 Å². The Labute approximate surface area is 210 Å². The van der Waals surface area contributed by atoms with E-state index in [2.05, 4.69) is 27.0 Å². The van der Waals surface area contributed by atoms with Crippen LogP contribution in [0.25, 0.3) is 0 Å². The number of nitriles is 1. The maximum Gasteiger partial charge on any atom is 0.261 e. The molecule has 192 valence electrons. The molecule has 3 rings (SSSR count). The first-order valence-corrected chi connectivity index (χ1v) is 13.0. The summed E-state index contributed by atoms with van der Waals surface area (Å²) >= 11 is 0. The lowest BCUT2D eigenvalue weighted by molar-refractivity contribution is -0.119. The molecule has 1 heterocycles. The first kappa shape index (κ1) is 26.9. The zero-order valence-corrected chi connectivity index (χ0v) is 21.3. The largest absolute Gasteiger partial charge is 0.380 e. The van der Waals surface area contributed by atoms with Gasteiger partial charge in [0.15, 0.2) is 0 Å². The van der Waals surface area contributed by atoms with Gasteiger partial charge in [0.2, 0.25) is 15.9 Å². The van der Waals surface area contributed by atoms with Crippen molar-refractivity contribution in [1.29, 1.82) is 10.7 Å². The summed E-state index contributed by atoms with van der Waals surface area (Å²) in [5, 5.41) is 26.9. The fourth-order valence-electron chi connectivity index (χ4n) is 4.18. The van der Waals surface area contributed by atoms with Gasteiger partial charge < -0.3 is 20.9 Å². The van der Waals surface area contributed by atoms with Crippen LogP contribution in [-0.4, -0.2) is 49.6 Å². The summed E-state index contributed by atoms with van der Waals surface area (Å²) in [6.45, 7) is 1.30. The Bertz CT molecular complexity index is 1340. The Morgan fingerprint density at radius 3 is 2.64 bits per heavy atom. The van der Waals surface area contributed by atoms with Gasteiger partial charge in [0.1, 0.15) is 11.4 Å². The Hall–Kier alpha value is -3.69. The number of rotatable bonds is 8. The molecule has 1 saturated carbocycles. The predicted octanol–water partition coefficient (Wildman–Crippen LogP) is 2.19. The third-order valence-electron chi connectivity index (χ3n) is 6.10. The number of nitrogens with zero attached hydrogens (tertiary/aromatic N) is 2. The molecule has 1 aromatic carbocycles. The number of sulfonamides is 1. The van der Waals surface area contributed by atoms with E-state index in [0.29, 0.717) is 16.9 Å². The Kier molecular flexibility index (Phi) is 8.49. The predicted molar refractivity (Wildman–Crippen MR) is 137 cm³/mol. The fraction of sp³-hybridized carbons (Fsp3) is 0.417. The van der Waals surface area contributed by atoms with Crippen LogP contribution in [0.5, 0.6) is 0 Å². The van der Waals surface area contributed by atoms with Crippen molar-refractivity contribution < 1.29 is 13.2 Å². The summed E-state index contributed by atoms with van der Waals surface area (Å²) in [5.74, 6) is -0.702. The minimum atomic E-state index is -3.78. The van der Waals surface area contributed by atoms with Gasteiger partial charge in [-0.2, -0.15) is 5.26 Å². The quantitative estimate of drug-likeness (QED) is 0.266.